The van der Waals surface area contributed by atoms with Crippen molar-refractivity contribution in [2.75, 3.05) is 0 Å². The number of hydrogen-bond acceptors (Lipinski definition) is 1. The van der Waals surface area contributed by atoms with Crippen LogP contribution in [0.5, 0.6) is 5.75 Å². The standard InChI is InChI=1S/C18H21BO/c19-16-6-4-5-15(13-16)18(11-2-1-3-12-18)14-7-9-17(20)10-8-14/h4-10,13,20H,1-3,11-12,19H2. The molecule has 2 aromatic rings. The zero-order valence-corrected chi connectivity index (χ0v) is 12.1. The van der Waals surface area contributed by atoms with Gasteiger partial charge in [0, 0.05) is 5.41 Å². The smallest absolute Gasteiger partial charge is 0.139 e. The zero-order valence-electron chi connectivity index (χ0n) is 12.1. The molecule has 0 amide bonds. The molecule has 2 aromatic carbocycles. The molecule has 102 valence electrons. The Morgan fingerprint density at radius 2 is 1.55 bits per heavy atom. The summed E-state index contributed by atoms with van der Waals surface area (Å²) >= 11 is 0. The van der Waals surface area contributed by atoms with E-state index in [-0.39, 0.29) is 5.41 Å². The lowest BCUT2D eigenvalue weighted by Gasteiger charge is -2.39. The van der Waals surface area contributed by atoms with Crippen LogP contribution in [0.2, 0.25) is 0 Å². The van der Waals surface area contributed by atoms with Crippen LogP contribution in [-0.2, 0) is 5.41 Å². The third-order valence-electron chi connectivity index (χ3n) is 4.70. The Bertz CT molecular complexity index is 583. The van der Waals surface area contributed by atoms with Crippen molar-refractivity contribution < 1.29 is 5.11 Å². The van der Waals surface area contributed by atoms with E-state index in [0.717, 1.165) is 0 Å². The molecule has 1 aliphatic rings. The molecule has 1 saturated carbocycles. The molecule has 0 atom stereocenters. The Hall–Kier alpha value is -1.70. The van der Waals surface area contributed by atoms with E-state index in [0.29, 0.717) is 5.75 Å². The van der Waals surface area contributed by atoms with Gasteiger partial charge in [0.25, 0.3) is 0 Å². The molecule has 0 heterocycles. The van der Waals surface area contributed by atoms with Crippen molar-refractivity contribution in [1.29, 1.82) is 0 Å². The lowest BCUT2D eigenvalue weighted by molar-refractivity contribution is 0.345. The minimum absolute atomic E-state index is 0.137. The van der Waals surface area contributed by atoms with Crippen LogP contribution >= 0.6 is 0 Å². The van der Waals surface area contributed by atoms with E-state index in [2.05, 4.69) is 44.2 Å². The average molecular weight is 264 g/mol. The van der Waals surface area contributed by atoms with Gasteiger partial charge in [-0.25, -0.2) is 0 Å². The molecule has 1 nitrogen and oxygen atoms in total. The van der Waals surface area contributed by atoms with Crippen LogP contribution in [0.15, 0.2) is 48.5 Å². The topological polar surface area (TPSA) is 20.2 Å². The molecule has 3 rings (SSSR count). The van der Waals surface area contributed by atoms with Crippen LogP contribution in [-0.4, -0.2) is 13.0 Å². The first-order chi connectivity index (χ1) is 9.71. The summed E-state index contributed by atoms with van der Waals surface area (Å²) in [4.78, 5) is 0. The summed E-state index contributed by atoms with van der Waals surface area (Å²) in [5.74, 6) is 0.351. The fourth-order valence-electron chi connectivity index (χ4n) is 3.62. The lowest BCUT2D eigenvalue weighted by Crippen LogP contribution is -2.31. The summed E-state index contributed by atoms with van der Waals surface area (Å²) in [6.07, 6.45) is 6.33. The number of benzene rings is 2. The van der Waals surface area contributed by atoms with Crippen LogP contribution in [0.4, 0.5) is 0 Å². The van der Waals surface area contributed by atoms with E-state index in [1.54, 1.807) is 0 Å². The van der Waals surface area contributed by atoms with E-state index in [1.807, 2.05) is 12.1 Å². The Balaban J connectivity index is 2.11. The first kappa shape index (κ1) is 13.3. The normalized spacial score (nSPS) is 17.8. The van der Waals surface area contributed by atoms with Crippen molar-refractivity contribution in [1.82, 2.24) is 0 Å². The summed E-state index contributed by atoms with van der Waals surface area (Å²) in [7, 11) is 2.16. The molecule has 1 aliphatic carbocycles. The van der Waals surface area contributed by atoms with Gasteiger partial charge < -0.3 is 5.11 Å². The zero-order chi connectivity index (χ0) is 14.0. The van der Waals surface area contributed by atoms with Gasteiger partial charge in [-0.15, -0.1) is 0 Å². The molecule has 1 N–H and O–H groups in total. The molecular weight excluding hydrogens is 243 g/mol. The Kier molecular flexibility index (Phi) is 3.56. The molecule has 1 fully saturated rings. The second-order valence-corrected chi connectivity index (χ2v) is 6.06. The highest BCUT2D eigenvalue weighted by Gasteiger charge is 2.35. The first-order valence-corrected chi connectivity index (χ1v) is 7.57. The molecule has 0 aliphatic heterocycles. The number of hydrogen-bond donors (Lipinski definition) is 1. The maximum Gasteiger partial charge on any atom is 0.139 e. The van der Waals surface area contributed by atoms with Crippen molar-refractivity contribution in [3.8, 4) is 5.75 Å². The SMILES string of the molecule is Bc1cccc(C2(c3ccc(O)cc3)CCCCC2)c1. The molecule has 2 heteroatoms. The molecule has 0 unspecified atom stereocenters. The maximum atomic E-state index is 9.55. The van der Waals surface area contributed by atoms with Crippen molar-refractivity contribution in [3.05, 3.63) is 59.7 Å². The minimum Gasteiger partial charge on any atom is -0.508 e. The van der Waals surface area contributed by atoms with Gasteiger partial charge in [0.15, 0.2) is 0 Å². The highest BCUT2D eigenvalue weighted by atomic mass is 16.3. The van der Waals surface area contributed by atoms with Gasteiger partial charge in [0.2, 0.25) is 0 Å². The number of phenolic OH excluding ortho intramolecular Hbond substituents is 1. The van der Waals surface area contributed by atoms with Gasteiger partial charge in [-0.05, 0) is 36.1 Å². The van der Waals surface area contributed by atoms with Gasteiger partial charge >= 0.3 is 0 Å². The quantitative estimate of drug-likeness (QED) is 0.827. The number of rotatable bonds is 2. The van der Waals surface area contributed by atoms with E-state index in [4.69, 9.17) is 0 Å². The van der Waals surface area contributed by atoms with Crippen LogP contribution in [0, 0.1) is 0 Å². The predicted octanol–water partition coefficient (Wildman–Crippen LogP) is 2.90. The molecule has 0 bridgehead atoms. The summed E-state index contributed by atoms with van der Waals surface area (Å²) in [6, 6.07) is 16.8. The Morgan fingerprint density at radius 1 is 0.850 bits per heavy atom. The Morgan fingerprint density at radius 3 is 2.20 bits per heavy atom. The third kappa shape index (κ3) is 2.35. The highest BCUT2D eigenvalue weighted by Crippen LogP contribution is 2.44. The first-order valence-electron chi connectivity index (χ1n) is 7.57. The summed E-state index contributed by atoms with van der Waals surface area (Å²) in [6.45, 7) is 0. The van der Waals surface area contributed by atoms with Crippen LogP contribution in [0.3, 0.4) is 0 Å². The van der Waals surface area contributed by atoms with Crippen LogP contribution < -0.4 is 5.46 Å². The summed E-state index contributed by atoms with van der Waals surface area (Å²) < 4.78 is 0. The number of aromatic hydroxyl groups is 1. The van der Waals surface area contributed by atoms with Crippen molar-refractivity contribution in [2.45, 2.75) is 37.5 Å². The van der Waals surface area contributed by atoms with E-state index >= 15 is 0 Å². The summed E-state index contributed by atoms with van der Waals surface area (Å²) in [5.41, 5.74) is 4.24. The van der Waals surface area contributed by atoms with Crippen molar-refractivity contribution in [2.24, 2.45) is 0 Å². The average Bonchev–Trinajstić information content (AvgIpc) is 2.49. The summed E-state index contributed by atoms with van der Waals surface area (Å²) in [5, 5.41) is 9.55. The van der Waals surface area contributed by atoms with Gasteiger partial charge in [-0.1, -0.05) is 61.1 Å². The van der Waals surface area contributed by atoms with Gasteiger partial charge in [0.05, 0.1) is 0 Å². The van der Waals surface area contributed by atoms with Gasteiger partial charge in [0.1, 0.15) is 13.6 Å². The monoisotopic (exact) mass is 264 g/mol. The fourth-order valence-corrected chi connectivity index (χ4v) is 3.62. The third-order valence-corrected chi connectivity index (χ3v) is 4.70. The minimum atomic E-state index is 0.137. The maximum absolute atomic E-state index is 9.55. The molecule has 0 radical (unpaired) electrons. The second kappa shape index (κ2) is 5.36. The Labute approximate surface area is 122 Å². The van der Waals surface area contributed by atoms with Crippen molar-refractivity contribution >= 4 is 13.3 Å². The number of phenols is 1. The molecule has 0 spiro atoms. The molecule has 0 aromatic heterocycles. The van der Waals surface area contributed by atoms with E-state index in [9.17, 15) is 5.11 Å². The fraction of sp³-hybridized carbons (Fsp3) is 0.333. The lowest BCUT2D eigenvalue weighted by atomic mass is 9.65. The van der Waals surface area contributed by atoms with E-state index in [1.165, 1.54) is 48.7 Å². The largest absolute Gasteiger partial charge is 0.508 e. The van der Waals surface area contributed by atoms with Crippen LogP contribution in [0.1, 0.15) is 43.2 Å². The molecule has 0 saturated heterocycles. The predicted molar refractivity (Wildman–Crippen MR) is 86.6 cm³/mol. The van der Waals surface area contributed by atoms with Gasteiger partial charge in [-0.3, -0.25) is 0 Å². The van der Waals surface area contributed by atoms with Crippen LogP contribution in [0.25, 0.3) is 0 Å². The van der Waals surface area contributed by atoms with E-state index < -0.39 is 0 Å². The highest BCUT2D eigenvalue weighted by molar-refractivity contribution is 6.32. The second-order valence-electron chi connectivity index (χ2n) is 6.06. The van der Waals surface area contributed by atoms with Crippen molar-refractivity contribution in [3.63, 3.8) is 0 Å². The van der Waals surface area contributed by atoms with Gasteiger partial charge in [-0.2, -0.15) is 0 Å². The molecule has 20 heavy (non-hydrogen) atoms. The molecular formula is C18H21BO.